The molecule has 1 aliphatic rings. The molecular formula is C19H31N5. The summed E-state index contributed by atoms with van der Waals surface area (Å²) in [6, 6.07) is 6.64. The van der Waals surface area contributed by atoms with E-state index in [0.29, 0.717) is 6.04 Å². The van der Waals surface area contributed by atoms with Crippen LogP contribution in [0.15, 0.2) is 41.5 Å². The van der Waals surface area contributed by atoms with Crippen molar-refractivity contribution in [1.82, 2.24) is 20.5 Å². The molecule has 0 unspecified atom stereocenters. The SMILES string of the molecule is C/C=C/CCN=C(NCC)NC1CCN(Cc2ccccn2)CC1. The van der Waals surface area contributed by atoms with Gasteiger partial charge in [0.05, 0.1) is 5.69 Å². The van der Waals surface area contributed by atoms with Crippen molar-refractivity contribution in [3.05, 3.63) is 42.2 Å². The normalized spacial score (nSPS) is 17.3. The molecule has 132 valence electrons. The van der Waals surface area contributed by atoms with Gasteiger partial charge in [-0.1, -0.05) is 18.2 Å². The maximum Gasteiger partial charge on any atom is 0.191 e. The standard InChI is InChI=1S/C19H31N5/c1-3-5-7-13-22-19(20-4-2)23-17-10-14-24(15-11-17)16-18-9-6-8-12-21-18/h3,5-6,8-9,12,17H,4,7,10-11,13-16H2,1-2H3,(H2,20,22,23)/b5-3+. The van der Waals surface area contributed by atoms with E-state index in [-0.39, 0.29) is 0 Å². The minimum Gasteiger partial charge on any atom is -0.357 e. The smallest absolute Gasteiger partial charge is 0.191 e. The first-order chi connectivity index (χ1) is 11.8. The van der Waals surface area contributed by atoms with Gasteiger partial charge in [-0.2, -0.15) is 0 Å². The molecule has 2 heterocycles. The highest BCUT2D eigenvalue weighted by atomic mass is 15.2. The Morgan fingerprint density at radius 3 is 2.88 bits per heavy atom. The molecule has 2 rings (SSSR count). The number of aromatic nitrogens is 1. The zero-order valence-electron chi connectivity index (χ0n) is 15.0. The van der Waals surface area contributed by atoms with Gasteiger partial charge in [0.1, 0.15) is 0 Å². The minimum absolute atomic E-state index is 0.504. The Bertz CT molecular complexity index is 504. The van der Waals surface area contributed by atoms with Gasteiger partial charge >= 0.3 is 0 Å². The third-order valence-electron chi connectivity index (χ3n) is 4.19. The van der Waals surface area contributed by atoms with E-state index in [1.165, 1.54) is 0 Å². The maximum absolute atomic E-state index is 4.65. The van der Waals surface area contributed by atoms with E-state index >= 15 is 0 Å². The van der Waals surface area contributed by atoms with Crippen LogP contribution in [0.4, 0.5) is 0 Å². The zero-order valence-corrected chi connectivity index (χ0v) is 15.0. The summed E-state index contributed by atoms with van der Waals surface area (Å²) in [7, 11) is 0. The lowest BCUT2D eigenvalue weighted by Gasteiger charge is -2.32. The van der Waals surface area contributed by atoms with Crippen molar-refractivity contribution in [2.24, 2.45) is 4.99 Å². The van der Waals surface area contributed by atoms with Crippen LogP contribution in [-0.4, -0.2) is 48.1 Å². The molecule has 0 atom stereocenters. The summed E-state index contributed by atoms with van der Waals surface area (Å²) >= 11 is 0. The molecule has 0 spiro atoms. The monoisotopic (exact) mass is 329 g/mol. The number of nitrogens with one attached hydrogen (secondary N) is 2. The maximum atomic E-state index is 4.65. The molecule has 5 heteroatoms. The van der Waals surface area contributed by atoms with Crippen molar-refractivity contribution < 1.29 is 0 Å². The van der Waals surface area contributed by atoms with Crippen LogP contribution in [0.5, 0.6) is 0 Å². The molecule has 1 fully saturated rings. The fourth-order valence-electron chi connectivity index (χ4n) is 2.89. The van der Waals surface area contributed by atoms with Gasteiger partial charge in [0, 0.05) is 45.0 Å². The highest BCUT2D eigenvalue weighted by Crippen LogP contribution is 2.12. The van der Waals surface area contributed by atoms with Crippen LogP contribution in [-0.2, 0) is 6.54 Å². The van der Waals surface area contributed by atoms with Crippen LogP contribution in [0.2, 0.25) is 0 Å². The zero-order chi connectivity index (χ0) is 17.0. The van der Waals surface area contributed by atoms with Crippen LogP contribution in [0.25, 0.3) is 0 Å². The van der Waals surface area contributed by atoms with E-state index in [9.17, 15) is 0 Å². The molecule has 0 amide bonds. The van der Waals surface area contributed by atoms with Gasteiger partial charge in [-0.05, 0) is 45.2 Å². The van der Waals surface area contributed by atoms with E-state index in [4.69, 9.17) is 0 Å². The molecule has 1 saturated heterocycles. The predicted molar refractivity (Wildman–Crippen MR) is 101 cm³/mol. The third kappa shape index (κ3) is 6.71. The van der Waals surface area contributed by atoms with Crippen molar-refractivity contribution in [3.63, 3.8) is 0 Å². The van der Waals surface area contributed by atoms with Crippen LogP contribution in [0.1, 0.15) is 38.8 Å². The quantitative estimate of drug-likeness (QED) is 0.349. The number of pyridine rings is 1. The summed E-state index contributed by atoms with van der Waals surface area (Å²) in [5.74, 6) is 0.949. The van der Waals surface area contributed by atoms with Crippen LogP contribution in [0, 0.1) is 0 Å². The molecule has 1 aromatic heterocycles. The molecule has 1 aliphatic heterocycles. The average molecular weight is 329 g/mol. The second kappa shape index (κ2) is 10.8. The molecule has 0 radical (unpaired) electrons. The number of piperidine rings is 1. The molecule has 0 aliphatic carbocycles. The fraction of sp³-hybridized carbons (Fsp3) is 0.579. The Morgan fingerprint density at radius 1 is 1.38 bits per heavy atom. The number of nitrogens with zero attached hydrogens (tertiary/aromatic N) is 3. The first-order valence-electron chi connectivity index (χ1n) is 9.10. The molecule has 0 saturated carbocycles. The minimum atomic E-state index is 0.504. The number of guanidine groups is 1. The van der Waals surface area contributed by atoms with Gasteiger partial charge in [-0.3, -0.25) is 14.9 Å². The predicted octanol–water partition coefficient (Wildman–Crippen LogP) is 2.57. The second-order valence-electron chi connectivity index (χ2n) is 6.13. The summed E-state index contributed by atoms with van der Waals surface area (Å²) in [5, 5.41) is 6.94. The number of hydrogen-bond donors (Lipinski definition) is 2. The van der Waals surface area contributed by atoms with Crippen LogP contribution in [0.3, 0.4) is 0 Å². The fourth-order valence-corrected chi connectivity index (χ4v) is 2.89. The summed E-state index contributed by atoms with van der Waals surface area (Å²) in [6.07, 6.45) is 9.39. The first kappa shape index (κ1) is 18.5. The van der Waals surface area contributed by atoms with Crippen molar-refractivity contribution in [3.8, 4) is 0 Å². The lowest BCUT2D eigenvalue weighted by Crippen LogP contribution is -2.48. The lowest BCUT2D eigenvalue weighted by atomic mass is 10.0. The molecule has 24 heavy (non-hydrogen) atoms. The van der Waals surface area contributed by atoms with Gasteiger partial charge in [0.25, 0.3) is 0 Å². The molecule has 1 aromatic rings. The van der Waals surface area contributed by atoms with Crippen molar-refractivity contribution in [1.29, 1.82) is 0 Å². The number of likely N-dealkylation sites (tertiary alicyclic amines) is 1. The van der Waals surface area contributed by atoms with Crippen molar-refractivity contribution >= 4 is 5.96 Å². The third-order valence-corrected chi connectivity index (χ3v) is 4.19. The number of aliphatic imine (C=N–C) groups is 1. The Morgan fingerprint density at radius 2 is 2.21 bits per heavy atom. The molecule has 0 bridgehead atoms. The summed E-state index contributed by atoms with van der Waals surface area (Å²) in [6.45, 7) is 9.04. The highest BCUT2D eigenvalue weighted by Gasteiger charge is 2.20. The topological polar surface area (TPSA) is 52.6 Å². The Kier molecular flexibility index (Phi) is 8.32. The lowest BCUT2D eigenvalue weighted by molar-refractivity contribution is 0.196. The van der Waals surface area contributed by atoms with Gasteiger partial charge < -0.3 is 10.6 Å². The first-order valence-corrected chi connectivity index (χ1v) is 9.10. The number of allylic oxidation sites excluding steroid dienone is 1. The Hall–Kier alpha value is -1.88. The summed E-state index contributed by atoms with van der Waals surface area (Å²) < 4.78 is 0. The van der Waals surface area contributed by atoms with Gasteiger partial charge in [-0.25, -0.2) is 0 Å². The largest absolute Gasteiger partial charge is 0.357 e. The van der Waals surface area contributed by atoms with Crippen molar-refractivity contribution in [2.75, 3.05) is 26.2 Å². The molecule has 5 nitrogen and oxygen atoms in total. The number of rotatable bonds is 7. The van der Waals surface area contributed by atoms with E-state index in [1.807, 2.05) is 19.2 Å². The second-order valence-corrected chi connectivity index (χ2v) is 6.13. The summed E-state index contributed by atoms with van der Waals surface area (Å²) in [5.41, 5.74) is 1.16. The van der Waals surface area contributed by atoms with Crippen LogP contribution < -0.4 is 10.6 Å². The highest BCUT2D eigenvalue weighted by molar-refractivity contribution is 5.80. The number of hydrogen-bond acceptors (Lipinski definition) is 3. The van der Waals surface area contributed by atoms with E-state index in [1.54, 1.807) is 0 Å². The van der Waals surface area contributed by atoms with E-state index in [2.05, 4.69) is 56.7 Å². The molecule has 2 N–H and O–H groups in total. The van der Waals surface area contributed by atoms with Crippen molar-refractivity contribution in [2.45, 2.75) is 45.7 Å². The van der Waals surface area contributed by atoms with E-state index < -0.39 is 0 Å². The Labute approximate surface area is 146 Å². The molecule has 0 aromatic carbocycles. The van der Waals surface area contributed by atoms with Gasteiger partial charge in [0.15, 0.2) is 5.96 Å². The van der Waals surface area contributed by atoms with Gasteiger partial charge in [0.2, 0.25) is 0 Å². The summed E-state index contributed by atoms with van der Waals surface area (Å²) in [4.78, 5) is 11.6. The molecular weight excluding hydrogens is 298 g/mol. The Balaban J connectivity index is 1.75. The van der Waals surface area contributed by atoms with E-state index in [0.717, 1.165) is 63.6 Å². The van der Waals surface area contributed by atoms with Crippen LogP contribution >= 0.6 is 0 Å². The average Bonchev–Trinajstić information content (AvgIpc) is 2.61. The van der Waals surface area contributed by atoms with Gasteiger partial charge in [-0.15, -0.1) is 0 Å².